The summed E-state index contributed by atoms with van der Waals surface area (Å²) in [5.74, 6) is 0.0659. The van der Waals surface area contributed by atoms with Crippen molar-refractivity contribution in [2.75, 3.05) is 0 Å². The highest BCUT2D eigenvalue weighted by Gasteiger charge is 2.69. The second-order valence-corrected chi connectivity index (χ2v) is 10.0. The van der Waals surface area contributed by atoms with E-state index in [9.17, 15) is 15.3 Å². The molecule has 0 aromatic rings. The lowest BCUT2D eigenvalue weighted by molar-refractivity contribution is -0.346. The standard InChI is InChI=1S/C20H36O4/c1-7-19(5)13(21)11-12-18(4)10-8-9-17(2,3)15(18)14(22)16(23)20(12,6)24-19/h12-16,21-23H,7-11H2,1-6H3/t12-,13-,14-,15+,16+,18-,19+,20+/m1/s1. The zero-order chi connectivity index (χ0) is 18.1. The number of aliphatic hydroxyl groups excluding tert-OH is 3. The summed E-state index contributed by atoms with van der Waals surface area (Å²) in [6.45, 7) is 12.6. The van der Waals surface area contributed by atoms with Crippen molar-refractivity contribution in [3.05, 3.63) is 0 Å². The zero-order valence-corrected chi connectivity index (χ0v) is 16.2. The van der Waals surface area contributed by atoms with Gasteiger partial charge in [-0.05, 0) is 62.2 Å². The molecule has 140 valence electrons. The van der Waals surface area contributed by atoms with Gasteiger partial charge in [-0.2, -0.15) is 0 Å². The molecule has 24 heavy (non-hydrogen) atoms. The second kappa shape index (κ2) is 5.42. The van der Waals surface area contributed by atoms with Crippen LogP contribution in [0.25, 0.3) is 0 Å². The third-order valence-corrected chi connectivity index (χ3v) is 8.15. The van der Waals surface area contributed by atoms with Crippen LogP contribution in [-0.2, 0) is 4.74 Å². The summed E-state index contributed by atoms with van der Waals surface area (Å²) in [5, 5.41) is 33.0. The predicted octanol–water partition coefficient (Wildman–Crippen LogP) is 2.88. The van der Waals surface area contributed by atoms with Gasteiger partial charge in [0.1, 0.15) is 6.10 Å². The first kappa shape index (κ1) is 18.6. The van der Waals surface area contributed by atoms with Crippen molar-refractivity contribution in [3.8, 4) is 0 Å². The fourth-order valence-electron chi connectivity index (χ4n) is 6.74. The molecular weight excluding hydrogens is 304 g/mol. The molecule has 0 unspecified atom stereocenters. The number of hydrogen-bond donors (Lipinski definition) is 3. The smallest absolute Gasteiger partial charge is 0.109 e. The second-order valence-electron chi connectivity index (χ2n) is 10.0. The summed E-state index contributed by atoms with van der Waals surface area (Å²) in [4.78, 5) is 0. The average molecular weight is 341 g/mol. The van der Waals surface area contributed by atoms with Gasteiger partial charge in [0.25, 0.3) is 0 Å². The highest BCUT2D eigenvalue weighted by atomic mass is 16.6. The van der Waals surface area contributed by atoms with Crippen molar-refractivity contribution >= 4 is 0 Å². The average Bonchev–Trinajstić information content (AvgIpc) is 2.47. The molecule has 1 aliphatic heterocycles. The van der Waals surface area contributed by atoms with Crippen LogP contribution in [-0.4, -0.2) is 44.8 Å². The van der Waals surface area contributed by atoms with Gasteiger partial charge in [-0.25, -0.2) is 0 Å². The molecule has 2 saturated carbocycles. The van der Waals surface area contributed by atoms with E-state index >= 15 is 0 Å². The highest BCUT2D eigenvalue weighted by molar-refractivity contribution is 5.18. The SMILES string of the molecule is CC[C@]1(C)O[C@@]2(C)[C@H](C[C@H]1O)[C@@]1(C)CCCC(C)(C)[C@@H]1[C@@H](O)[C@@H]2O. The zero-order valence-electron chi connectivity index (χ0n) is 16.2. The Morgan fingerprint density at radius 1 is 1.00 bits per heavy atom. The van der Waals surface area contributed by atoms with E-state index in [2.05, 4.69) is 20.8 Å². The number of rotatable bonds is 1. The first-order valence-electron chi connectivity index (χ1n) is 9.67. The third kappa shape index (κ3) is 2.26. The van der Waals surface area contributed by atoms with Crippen molar-refractivity contribution in [2.24, 2.45) is 22.7 Å². The van der Waals surface area contributed by atoms with Gasteiger partial charge < -0.3 is 20.1 Å². The van der Waals surface area contributed by atoms with Crippen LogP contribution in [0.4, 0.5) is 0 Å². The van der Waals surface area contributed by atoms with Gasteiger partial charge in [0, 0.05) is 0 Å². The van der Waals surface area contributed by atoms with Crippen molar-refractivity contribution in [2.45, 2.75) is 103 Å². The maximum atomic E-state index is 11.1. The largest absolute Gasteiger partial charge is 0.390 e. The van der Waals surface area contributed by atoms with Crippen LogP contribution in [0, 0.1) is 22.7 Å². The third-order valence-electron chi connectivity index (χ3n) is 8.15. The van der Waals surface area contributed by atoms with Gasteiger partial charge >= 0.3 is 0 Å². The van der Waals surface area contributed by atoms with E-state index in [0.29, 0.717) is 12.8 Å². The van der Waals surface area contributed by atoms with Crippen molar-refractivity contribution in [1.29, 1.82) is 0 Å². The maximum absolute atomic E-state index is 11.1. The molecular formula is C20H36O4. The molecule has 0 amide bonds. The van der Waals surface area contributed by atoms with Crippen LogP contribution >= 0.6 is 0 Å². The quantitative estimate of drug-likeness (QED) is 0.686. The van der Waals surface area contributed by atoms with Gasteiger partial charge in [-0.1, -0.05) is 34.1 Å². The van der Waals surface area contributed by atoms with Crippen LogP contribution in [0.15, 0.2) is 0 Å². The Hall–Kier alpha value is -0.160. The Morgan fingerprint density at radius 3 is 2.21 bits per heavy atom. The normalized spacial score (nSPS) is 57.1. The predicted molar refractivity (Wildman–Crippen MR) is 93.5 cm³/mol. The minimum absolute atomic E-state index is 0.0219. The maximum Gasteiger partial charge on any atom is 0.109 e. The van der Waals surface area contributed by atoms with Crippen molar-refractivity contribution < 1.29 is 20.1 Å². The summed E-state index contributed by atoms with van der Waals surface area (Å²) in [6.07, 6.45) is 2.28. The van der Waals surface area contributed by atoms with Crippen molar-refractivity contribution in [1.82, 2.24) is 0 Å². The van der Waals surface area contributed by atoms with Gasteiger partial charge in [-0.15, -0.1) is 0 Å². The van der Waals surface area contributed by atoms with Crippen LogP contribution in [0.2, 0.25) is 0 Å². The van der Waals surface area contributed by atoms with Gasteiger partial charge in [0.15, 0.2) is 0 Å². The summed E-state index contributed by atoms with van der Waals surface area (Å²) in [7, 11) is 0. The molecule has 4 nitrogen and oxygen atoms in total. The first-order valence-corrected chi connectivity index (χ1v) is 9.67. The van der Waals surface area contributed by atoms with Crippen LogP contribution in [0.5, 0.6) is 0 Å². The summed E-state index contributed by atoms with van der Waals surface area (Å²) in [5.41, 5.74) is -1.64. The van der Waals surface area contributed by atoms with Gasteiger partial charge in [-0.3, -0.25) is 0 Å². The Balaban J connectivity index is 2.09. The Morgan fingerprint density at radius 2 is 1.62 bits per heavy atom. The van der Waals surface area contributed by atoms with E-state index in [1.807, 2.05) is 20.8 Å². The van der Waals surface area contributed by atoms with Gasteiger partial charge in [0.05, 0.1) is 23.4 Å². The lowest BCUT2D eigenvalue weighted by Crippen LogP contribution is -2.75. The molecule has 3 N–H and O–H groups in total. The molecule has 4 heteroatoms. The molecule has 3 aliphatic rings. The molecule has 3 rings (SSSR count). The highest BCUT2D eigenvalue weighted by Crippen LogP contribution is 2.65. The Bertz CT molecular complexity index is 506. The lowest BCUT2D eigenvalue weighted by Gasteiger charge is -2.68. The van der Waals surface area contributed by atoms with E-state index in [-0.39, 0.29) is 22.7 Å². The molecule has 8 atom stereocenters. The number of hydrogen-bond acceptors (Lipinski definition) is 4. The molecule has 0 bridgehead atoms. The molecule has 1 saturated heterocycles. The number of ether oxygens (including phenoxy) is 1. The first-order chi connectivity index (χ1) is 10.9. The molecule has 0 radical (unpaired) electrons. The Kier molecular flexibility index (Phi) is 4.21. The van der Waals surface area contributed by atoms with E-state index < -0.39 is 29.5 Å². The molecule has 0 aromatic carbocycles. The summed E-state index contributed by atoms with van der Waals surface area (Å²) < 4.78 is 6.43. The molecule has 0 aromatic heterocycles. The fraction of sp³-hybridized carbons (Fsp3) is 1.00. The summed E-state index contributed by atoms with van der Waals surface area (Å²) in [6, 6.07) is 0. The Labute approximate surface area is 146 Å². The molecule has 0 spiro atoms. The number of aliphatic hydroxyl groups is 3. The molecule has 2 aliphatic carbocycles. The minimum Gasteiger partial charge on any atom is -0.390 e. The van der Waals surface area contributed by atoms with E-state index in [1.54, 1.807) is 0 Å². The minimum atomic E-state index is -0.920. The van der Waals surface area contributed by atoms with E-state index in [0.717, 1.165) is 19.3 Å². The fourth-order valence-corrected chi connectivity index (χ4v) is 6.74. The summed E-state index contributed by atoms with van der Waals surface area (Å²) >= 11 is 0. The molecule has 1 heterocycles. The van der Waals surface area contributed by atoms with Gasteiger partial charge in [0.2, 0.25) is 0 Å². The topological polar surface area (TPSA) is 69.9 Å². The van der Waals surface area contributed by atoms with Crippen LogP contribution < -0.4 is 0 Å². The van der Waals surface area contributed by atoms with E-state index in [4.69, 9.17) is 4.74 Å². The van der Waals surface area contributed by atoms with Crippen LogP contribution in [0.3, 0.4) is 0 Å². The number of fused-ring (bicyclic) bond motifs is 3. The van der Waals surface area contributed by atoms with Crippen LogP contribution in [0.1, 0.15) is 73.6 Å². The lowest BCUT2D eigenvalue weighted by atomic mass is 9.42. The van der Waals surface area contributed by atoms with E-state index in [1.165, 1.54) is 0 Å². The molecule has 3 fully saturated rings. The van der Waals surface area contributed by atoms with Crippen molar-refractivity contribution in [3.63, 3.8) is 0 Å². The monoisotopic (exact) mass is 340 g/mol.